The number of hydrogen-bond acceptors (Lipinski definition) is 2. The van der Waals surface area contributed by atoms with E-state index >= 15 is 0 Å². The van der Waals surface area contributed by atoms with Crippen molar-refractivity contribution in [3.05, 3.63) is 29.8 Å². The minimum atomic E-state index is 0.692. The maximum atomic E-state index is 5.34. The van der Waals surface area contributed by atoms with Gasteiger partial charge in [0.1, 0.15) is 10.7 Å². The van der Waals surface area contributed by atoms with Gasteiger partial charge < -0.3 is 9.64 Å². The predicted molar refractivity (Wildman–Crippen MR) is 63.0 cm³/mol. The molecule has 0 amide bonds. The Morgan fingerprint density at radius 1 is 1.29 bits per heavy atom. The van der Waals surface area contributed by atoms with E-state index in [0.717, 1.165) is 16.3 Å². The van der Waals surface area contributed by atoms with E-state index in [2.05, 4.69) is 0 Å². The van der Waals surface area contributed by atoms with E-state index in [9.17, 15) is 0 Å². The molecule has 1 aromatic carbocycles. The Morgan fingerprint density at radius 3 is 2.29 bits per heavy atom. The van der Waals surface area contributed by atoms with Crippen LogP contribution in [-0.4, -0.2) is 30.6 Å². The fourth-order valence-electron chi connectivity index (χ4n) is 1.12. The lowest BCUT2D eigenvalue weighted by molar-refractivity contribution is 0.340. The first-order valence-corrected chi connectivity index (χ1v) is 5.00. The van der Waals surface area contributed by atoms with Crippen LogP contribution < -0.4 is 4.74 Å². The van der Waals surface area contributed by atoms with Gasteiger partial charge in [-0.2, -0.15) is 0 Å². The van der Waals surface area contributed by atoms with Crippen molar-refractivity contribution in [2.24, 2.45) is 0 Å². The molecule has 76 valence electrons. The molecule has 0 fully saturated rings. The van der Waals surface area contributed by atoms with Crippen molar-refractivity contribution in [3.8, 4) is 5.75 Å². The lowest BCUT2D eigenvalue weighted by Crippen LogP contribution is -2.20. The average molecular weight is 209 g/mol. The van der Waals surface area contributed by atoms with Crippen LogP contribution in [0.25, 0.3) is 0 Å². The number of thiocarbonyl (C=S) groups is 1. The van der Waals surface area contributed by atoms with Crippen molar-refractivity contribution in [2.45, 2.75) is 6.92 Å². The molecule has 0 N–H and O–H groups in total. The maximum Gasteiger partial charge on any atom is 0.119 e. The molecular weight excluding hydrogens is 194 g/mol. The Bertz CT molecular complexity index is 306. The molecule has 0 atom stereocenters. The summed E-state index contributed by atoms with van der Waals surface area (Å²) >= 11 is 5.24. The third kappa shape index (κ3) is 2.70. The summed E-state index contributed by atoms with van der Waals surface area (Å²) in [7, 11) is 3.89. The molecule has 0 aliphatic heterocycles. The first-order chi connectivity index (χ1) is 6.65. The van der Waals surface area contributed by atoms with E-state index in [4.69, 9.17) is 17.0 Å². The van der Waals surface area contributed by atoms with Crippen LogP contribution in [0.4, 0.5) is 0 Å². The van der Waals surface area contributed by atoms with Gasteiger partial charge in [-0.1, -0.05) is 12.2 Å². The summed E-state index contributed by atoms with van der Waals surface area (Å²) in [6.07, 6.45) is 0. The zero-order valence-electron chi connectivity index (χ0n) is 8.78. The third-order valence-corrected chi connectivity index (χ3v) is 2.42. The van der Waals surface area contributed by atoms with Crippen molar-refractivity contribution < 1.29 is 4.74 Å². The monoisotopic (exact) mass is 209 g/mol. The lowest BCUT2D eigenvalue weighted by atomic mass is 10.2. The Labute approximate surface area is 90.5 Å². The highest BCUT2D eigenvalue weighted by Gasteiger charge is 2.02. The summed E-state index contributed by atoms with van der Waals surface area (Å²) < 4.78 is 5.34. The van der Waals surface area contributed by atoms with Gasteiger partial charge in [-0.15, -0.1) is 0 Å². The number of ether oxygens (including phenoxy) is 1. The second kappa shape index (κ2) is 4.96. The Hall–Kier alpha value is -1.09. The van der Waals surface area contributed by atoms with Crippen LogP contribution in [0, 0.1) is 0 Å². The van der Waals surface area contributed by atoms with Crippen LogP contribution in [-0.2, 0) is 0 Å². The SMILES string of the molecule is CCOc1ccc(C(=S)N(C)C)cc1. The van der Waals surface area contributed by atoms with Crippen molar-refractivity contribution in [1.82, 2.24) is 4.90 Å². The summed E-state index contributed by atoms with van der Waals surface area (Å²) in [6, 6.07) is 7.84. The Balaban J connectivity index is 2.78. The summed E-state index contributed by atoms with van der Waals surface area (Å²) in [6.45, 7) is 2.66. The minimum Gasteiger partial charge on any atom is -0.494 e. The highest BCUT2D eigenvalue weighted by molar-refractivity contribution is 7.80. The van der Waals surface area contributed by atoms with Crippen molar-refractivity contribution >= 4 is 17.2 Å². The number of nitrogens with zero attached hydrogens (tertiary/aromatic N) is 1. The minimum absolute atomic E-state index is 0.692. The number of hydrogen-bond donors (Lipinski definition) is 0. The zero-order chi connectivity index (χ0) is 10.6. The van der Waals surface area contributed by atoms with E-state index in [0.29, 0.717) is 6.61 Å². The molecular formula is C11H15NOS. The van der Waals surface area contributed by atoms with E-state index < -0.39 is 0 Å². The molecule has 0 aliphatic carbocycles. The summed E-state index contributed by atoms with van der Waals surface area (Å²) in [5.74, 6) is 0.887. The highest BCUT2D eigenvalue weighted by Crippen LogP contribution is 2.13. The largest absolute Gasteiger partial charge is 0.494 e. The van der Waals surface area contributed by atoms with Gasteiger partial charge in [-0.05, 0) is 31.2 Å². The molecule has 0 bridgehead atoms. The first kappa shape index (κ1) is 11.0. The van der Waals surface area contributed by atoms with E-state index in [1.807, 2.05) is 50.2 Å². The molecule has 0 unspecified atom stereocenters. The summed E-state index contributed by atoms with van der Waals surface area (Å²) in [5.41, 5.74) is 1.05. The summed E-state index contributed by atoms with van der Waals surface area (Å²) in [5, 5.41) is 0. The van der Waals surface area contributed by atoms with Crippen molar-refractivity contribution in [1.29, 1.82) is 0 Å². The second-order valence-electron chi connectivity index (χ2n) is 3.16. The molecule has 1 rings (SSSR count). The fraction of sp³-hybridized carbons (Fsp3) is 0.364. The Kier molecular flexibility index (Phi) is 3.89. The molecule has 0 aliphatic rings. The van der Waals surface area contributed by atoms with E-state index in [1.54, 1.807) is 0 Å². The van der Waals surface area contributed by atoms with Crippen LogP contribution in [0.5, 0.6) is 5.75 Å². The zero-order valence-corrected chi connectivity index (χ0v) is 9.60. The third-order valence-electron chi connectivity index (χ3n) is 1.82. The predicted octanol–water partition coefficient (Wildman–Crippen LogP) is 2.32. The normalized spacial score (nSPS) is 9.64. The highest BCUT2D eigenvalue weighted by atomic mass is 32.1. The summed E-state index contributed by atoms with van der Waals surface area (Å²) in [4.78, 5) is 2.76. The molecule has 0 aromatic heterocycles. The standard InChI is InChI=1S/C11H15NOS/c1-4-13-10-7-5-9(6-8-10)11(14)12(2)3/h5-8H,4H2,1-3H3. The van der Waals surface area contributed by atoms with Gasteiger partial charge >= 0.3 is 0 Å². The lowest BCUT2D eigenvalue weighted by Gasteiger charge is -2.13. The molecule has 2 nitrogen and oxygen atoms in total. The van der Waals surface area contributed by atoms with Gasteiger partial charge in [0.25, 0.3) is 0 Å². The molecule has 0 spiro atoms. The van der Waals surface area contributed by atoms with Gasteiger partial charge in [0, 0.05) is 19.7 Å². The topological polar surface area (TPSA) is 12.5 Å². The molecule has 14 heavy (non-hydrogen) atoms. The second-order valence-corrected chi connectivity index (χ2v) is 3.54. The first-order valence-electron chi connectivity index (χ1n) is 4.59. The van der Waals surface area contributed by atoms with Gasteiger partial charge in [-0.3, -0.25) is 0 Å². The molecule has 0 heterocycles. The smallest absolute Gasteiger partial charge is 0.119 e. The average Bonchev–Trinajstić information content (AvgIpc) is 2.18. The van der Waals surface area contributed by atoms with Gasteiger partial charge in [0.05, 0.1) is 6.61 Å². The quantitative estimate of drug-likeness (QED) is 0.709. The van der Waals surface area contributed by atoms with Crippen LogP contribution in [0.15, 0.2) is 24.3 Å². The van der Waals surface area contributed by atoms with Gasteiger partial charge in [0.15, 0.2) is 0 Å². The molecule has 3 heteroatoms. The molecule has 0 saturated carbocycles. The van der Waals surface area contributed by atoms with Crippen molar-refractivity contribution in [3.63, 3.8) is 0 Å². The molecule has 0 saturated heterocycles. The number of benzene rings is 1. The van der Waals surface area contributed by atoms with E-state index in [1.165, 1.54) is 0 Å². The molecule has 0 radical (unpaired) electrons. The van der Waals surface area contributed by atoms with E-state index in [-0.39, 0.29) is 0 Å². The van der Waals surface area contributed by atoms with Gasteiger partial charge in [-0.25, -0.2) is 0 Å². The van der Waals surface area contributed by atoms with Crippen LogP contribution in [0.1, 0.15) is 12.5 Å². The molecule has 1 aromatic rings. The van der Waals surface area contributed by atoms with Crippen LogP contribution in [0.3, 0.4) is 0 Å². The van der Waals surface area contributed by atoms with Crippen molar-refractivity contribution in [2.75, 3.05) is 20.7 Å². The van der Waals surface area contributed by atoms with Crippen LogP contribution in [0.2, 0.25) is 0 Å². The number of rotatable bonds is 3. The maximum absolute atomic E-state index is 5.34. The van der Waals surface area contributed by atoms with Crippen LogP contribution >= 0.6 is 12.2 Å². The fourth-order valence-corrected chi connectivity index (χ4v) is 1.25. The van der Waals surface area contributed by atoms with Gasteiger partial charge in [0.2, 0.25) is 0 Å². The Morgan fingerprint density at radius 2 is 1.86 bits per heavy atom.